The number of hydrogen-bond donors (Lipinski definition) is 1. The van der Waals surface area contributed by atoms with Gasteiger partial charge in [0.25, 0.3) is 0 Å². The molecular weight excluding hydrogens is 266 g/mol. The van der Waals surface area contributed by atoms with E-state index in [0.29, 0.717) is 36.7 Å². The van der Waals surface area contributed by atoms with E-state index in [-0.39, 0.29) is 11.5 Å². The Labute approximate surface area is 128 Å². The lowest BCUT2D eigenvalue weighted by atomic mass is 9.88. The highest BCUT2D eigenvalue weighted by atomic mass is 16.5. The summed E-state index contributed by atoms with van der Waals surface area (Å²) >= 11 is 0. The lowest BCUT2D eigenvalue weighted by molar-refractivity contribution is -0.0203. The number of rotatable bonds is 8. The summed E-state index contributed by atoms with van der Waals surface area (Å²) in [7, 11) is 0. The van der Waals surface area contributed by atoms with E-state index in [1.165, 1.54) is 0 Å². The fraction of sp³-hybridized carbons (Fsp3) is 0.875. The predicted octanol–water partition coefficient (Wildman–Crippen LogP) is 3.36. The highest BCUT2D eigenvalue weighted by molar-refractivity contribution is 4.97. The molecule has 1 unspecified atom stereocenters. The second-order valence-corrected chi connectivity index (χ2v) is 7.18. The van der Waals surface area contributed by atoms with Gasteiger partial charge in [-0.1, -0.05) is 39.8 Å². The molecule has 2 atom stereocenters. The number of nitrogens with two attached hydrogens (primary N) is 1. The fourth-order valence-corrected chi connectivity index (χ4v) is 2.51. The molecule has 0 aliphatic carbocycles. The van der Waals surface area contributed by atoms with Crippen LogP contribution in [0, 0.1) is 17.3 Å². The maximum absolute atomic E-state index is 5.84. The van der Waals surface area contributed by atoms with E-state index >= 15 is 0 Å². The van der Waals surface area contributed by atoms with Gasteiger partial charge in [0.15, 0.2) is 0 Å². The van der Waals surface area contributed by atoms with E-state index in [2.05, 4.69) is 44.8 Å². The average molecular weight is 297 g/mol. The van der Waals surface area contributed by atoms with Gasteiger partial charge in [-0.2, -0.15) is 4.98 Å². The van der Waals surface area contributed by atoms with Crippen molar-refractivity contribution in [2.75, 3.05) is 13.2 Å². The Morgan fingerprint density at radius 2 is 1.95 bits per heavy atom. The first-order valence-corrected chi connectivity index (χ1v) is 7.92. The van der Waals surface area contributed by atoms with Crippen LogP contribution >= 0.6 is 0 Å². The SMILES string of the molecule is CCOC(c1noc(C[C@@H](CN)CC(C)C)n1)C(C)(C)C. The van der Waals surface area contributed by atoms with Gasteiger partial charge in [0, 0.05) is 13.0 Å². The zero-order chi connectivity index (χ0) is 16.0. The summed E-state index contributed by atoms with van der Waals surface area (Å²) in [6, 6.07) is 0. The molecule has 0 saturated heterocycles. The highest BCUT2D eigenvalue weighted by Gasteiger charge is 2.31. The van der Waals surface area contributed by atoms with Crippen molar-refractivity contribution >= 4 is 0 Å². The molecular formula is C16H31N3O2. The van der Waals surface area contributed by atoms with Crippen LogP contribution in [0.25, 0.3) is 0 Å². The van der Waals surface area contributed by atoms with Crippen LogP contribution in [0.5, 0.6) is 0 Å². The van der Waals surface area contributed by atoms with Crippen molar-refractivity contribution in [3.8, 4) is 0 Å². The summed E-state index contributed by atoms with van der Waals surface area (Å²) in [5, 5.41) is 4.12. The largest absolute Gasteiger partial charge is 0.370 e. The van der Waals surface area contributed by atoms with E-state index < -0.39 is 0 Å². The average Bonchev–Trinajstić information content (AvgIpc) is 2.81. The van der Waals surface area contributed by atoms with E-state index in [0.717, 1.165) is 12.8 Å². The van der Waals surface area contributed by atoms with Gasteiger partial charge in [0.05, 0.1) is 0 Å². The second kappa shape index (κ2) is 7.90. The van der Waals surface area contributed by atoms with Gasteiger partial charge in [-0.05, 0) is 37.1 Å². The van der Waals surface area contributed by atoms with Crippen LogP contribution in [0.1, 0.15) is 65.8 Å². The maximum atomic E-state index is 5.84. The van der Waals surface area contributed by atoms with Gasteiger partial charge in [-0.15, -0.1) is 0 Å². The smallest absolute Gasteiger partial charge is 0.227 e. The molecule has 1 aromatic rings. The van der Waals surface area contributed by atoms with E-state index in [1.807, 2.05) is 6.92 Å². The molecule has 122 valence electrons. The van der Waals surface area contributed by atoms with Crippen molar-refractivity contribution in [1.82, 2.24) is 10.1 Å². The summed E-state index contributed by atoms with van der Waals surface area (Å²) in [6.45, 7) is 14.0. The normalized spacial score (nSPS) is 15.4. The second-order valence-electron chi connectivity index (χ2n) is 7.18. The quantitative estimate of drug-likeness (QED) is 0.796. The molecule has 0 aliphatic rings. The first kappa shape index (κ1) is 18.1. The topological polar surface area (TPSA) is 74.2 Å². The molecule has 1 rings (SSSR count). The van der Waals surface area contributed by atoms with Crippen molar-refractivity contribution in [2.24, 2.45) is 23.0 Å². The van der Waals surface area contributed by atoms with Crippen LogP contribution in [0.4, 0.5) is 0 Å². The summed E-state index contributed by atoms with van der Waals surface area (Å²) < 4.78 is 11.2. The van der Waals surface area contributed by atoms with Crippen molar-refractivity contribution < 1.29 is 9.26 Å². The van der Waals surface area contributed by atoms with Crippen LogP contribution in [-0.2, 0) is 11.2 Å². The molecule has 1 aromatic heterocycles. The third kappa shape index (κ3) is 5.75. The molecule has 21 heavy (non-hydrogen) atoms. The summed E-state index contributed by atoms with van der Waals surface area (Å²) in [5.41, 5.74) is 5.77. The lowest BCUT2D eigenvalue weighted by Gasteiger charge is -2.27. The summed E-state index contributed by atoms with van der Waals surface area (Å²) in [5.74, 6) is 2.31. The number of hydrogen-bond acceptors (Lipinski definition) is 5. The van der Waals surface area contributed by atoms with Crippen LogP contribution in [0.3, 0.4) is 0 Å². The molecule has 0 bridgehead atoms. The Morgan fingerprint density at radius 1 is 1.29 bits per heavy atom. The lowest BCUT2D eigenvalue weighted by Crippen LogP contribution is -2.23. The molecule has 0 amide bonds. The molecule has 1 heterocycles. The third-order valence-corrected chi connectivity index (χ3v) is 3.44. The van der Waals surface area contributed by atoms with Crippen LogP contribution in [-0.4, -0.2) is 23.3 Å². The molecule has 0 spiro atoms. The molecule has 0 aromatic carbocycles. The van der Waals surface area contributed by atoms with Crippen molar-refractivity contribution in [3.63, 3.8) is 0 Å². The van der Waals surface area contributed by atoms with Gasteiger partial charge in [0.2, 0.25) is 11.7 Å². The monoisotopic (exact) mass is 297 g/mol. The van der Waals surface area contributed by atoms with E-state index in [9.17, 15) is 0 Å². The van der Waals surface area contributed by atoms with Crippen molar-refractivity contribution in [3.05, 3.63) is 11.7 Å². The Balaban J connectivity index is 2.79. The highest BCUT2D eigenvalue weighted by Crippen LogP contribution is 2.34. The van der Waals surface area contributed by atoms with E-state index in [1.54, 1.807) is 0 Å². The fourth-order valence-electron chi connectivity index (χ4n) is 2.51. The Morgan fingerprint density at radius 3 is 2.43 bits per heavy atom. The molecule has 0 saturated carbocycles. The molecule has 0 radical (unpaired) electrons. The molecule has 5 nitrogen and oxygen atoms in total. The van der Waals surface area contributed by atoms with Gasteiger partial charge in [0.1, 0.15) is 6.10 Å². The van der Waals surface area contributed by atoms with Crippen LogP contribution in [0.2, 0.25) is 0 Å². The molecule has 0 aliphatic heterocycles. The minimum Gasteiger partial charge on any atom is -0.370 e. The summed E-state index contributed by atoms with van der Waals surface area (Å²) in [6.07, 6.45) is 1.66. The zero-order valence-electron chi connectivity index (χ0n) is 14.3. The standard InChI is InChI=1S/C16H31N3O2/c1-7-20-14(16(4,5)6)15-18-13(21-19-15)9-12(10-17)8-11(2)3/h11-12,14H,7-10,17H2,1-6H3/t12-,14?/m0/s1. The minimum absolute atomic E-state index is 0.0671. The first-order chi connectivity index (χ1) is 9.77. The zero-order valence-corrected chi connectivity index (χ0v) is 14.3. The molecule has 0 fully saturated rings. The number of aromatic nitrogens is 2. The maximum Gasteiger partial charge on any atom is 0.227 e. The van der Waals surface area contributed by atoms with Gasteiger partial charge >= 0.3 is 0 Å². The molecule has 2 N–H and O–H groups in total. The Kier molecular flexibility index (Phi) is 6.81. The van der Waals surface area contributed by atoms with E-state index in [4.69, 9.17) is 15.0 Å². The predicted molar refractivity (Wildman–Crippen MR) is 83.8 cm³/mol. The van der Waals surface area contributed by atoms with Crippen molar-refractivity contribution in [1.29, 1.82) is 0 Å². The summed E-state index contributed by atoms with van der Waals surface area (Å²) in [4.78, 5) is 4.53. The van der Waals surface area contributed by atoms with Gasteiger partial charge < -0.3 is 15.0 Å². The Hall–Kier alpha value is -0.940. The number of nitrogens with zero attached hydrogens (tertiary/aromatic N) is 2. The van der Waals surface area contributed by atoms with Crippen LogP contribution in [0.15, 0.2) is 4.52 Å². The first-order valence-electron chi connectivity index (χ1n) is 7.92. The third-order valence-electron chi connectivity index (χ3n) is 3.44. The van der Waals surface area contributed by atoms with Gasteiger partial charge in [-0.25, -0.2) is 0 Å². The minimum atomic E-state index is -0.151. The van der Waals surface area contributed by atoms with Crippen molar-refractivity contribution in [2.45, 2.75) is 60.5 Å². The van der Waals surface area contributed by atoms with Gasteiger partial charge in [-0.3, -0.25) is 0 Å². The number of ether oxygens (including phenoxy) is 1. The Bertz CT molecular complexity index is 410. The molecule has 5 heteroatoms. The van der Waals surface area contributed by atoms with Crippen LogP contribution < -0.4 is 5.73 Å².